The Morgan fingerprint density at radius 1 is 1.27 bits per heavy atom. The van der Waals surface area contributed by atoms with Crippen LogP contribution in [0.2, 0.25) is 0 Å². The molecule has 8 heteroatoms. The fourth-order valence-corrected chi connectivity index (χ4v) is 2.78. The lowest BCUT2D eigenvalue weighted by Gasteiger charge is -2.12. The molecule has 0 unspecified atom stereocenters. The van der Waals surface area contributed by atoms with Gasteiger partial charge >= 0.3 is 0 Å². The standard InChI is InChI=1S/C14H14F2N4OS/c1-21-13-9(10(7-3-4-7)18-6-19-13)12-17-5-8(11(15)16)14(20-12)22-2/h5-7,11H,3-4H2,1-2H3. The zero-order valence-electron chi connectivity index (χ0n) is 12.1. The highest BCUT2D eigenvalue weighted by molar-refractivity contribution is 7.98. The van der Waals surface area contributed by atoms with Crippen molar-refractivity contribution in [2.24, 2.45) is 0 Å². The molecule has 116 valence electrons. The van der Waals surface area contributed by atoms with Gasteiger partial charge in [0.05, 0.1) is 18.4 Å². The summed E-state index contributed by atoms with van der Waals surface area (Å²) in [5.74, 6) is 1.03. The first-order valence-electron chi connectivity index (χ1n) is 6.74. The summed E-state index contributed by atoms with van der Waals surface area (Å²) in [5.41, 5.74) is 1.26. The van der Waals surface area contributed by atoms with Crippen molar-refractivity contribution in [3.8, 4) is 17.3 Å². The molecule has 2 aromatic rings. The van der Waals surface area contributed by atoms with E-state index < -0.39 is 6.43 Å². The molecule has 3 rings (SSSR count). The lowest BCUT2D eigenvalue weighted by atomic mass is 10.1. The molecule has 0 aromatic carbocycles. The average Bonchev–Trinajstić information content (AvgIpc) is 3.38. The third-order valence-electron chi connectivity index (χ3n) is 3.43. The van der Waals surface area contributed by atoms with Crippen LogP contribution in [0.5, 0.6) is 5.88 Å². The normalized spacial score (nSPS) is 14.4. The van der Waals surface area contributed by atoms with Gasteiger partial charge in [-0.15, -0.1) is 11.8 Å². The lowest BCUT2D eigenvalue weighted by Crippen LogP contribution is -2.04. The van der Waals surface area contributed by atoms with E-state index in [9.17, 15) is 8.78 Å². The molecule has 0 N–H and O–H groups in total. The molecule has 1 saturated carbocycles. The molecule has 2 heterocycles. The second-order valence-corrected chi connectivity index (χ2v) is 5.67. The van der Waals surface area contributed by atoms with Gasteiger partial charge in [-0.25, -0.2) is 28.7 Å². The monoisotopic (exact) mass is 324 g/mol. The van der Waals surface area contributed by atoms with Crippen molar-refractivity contribution in [2.75, 3.05) is 13.4 Å². The summed E-state index contributed by atoms with van der Waals surface area (Å²) in [6.45, 7) is 0. The fourth-order valence-electron chi connectivity index (χ4n) is 2.22. The first-order valence-corrected chi connectivity index (χ1v) is 7.96. The van der Waals surface area contributed by atoms with Crippen LogP contribution in [0.15, 0.2) is 17.6 Å². The molecule has 1 aliphatic rings. The van der Waals surface area contributed by atoms with Gasteiger partial charge in [0.1, 0.15) is 16.9 Å². The van der Waals surface area contributed by atoms with Gasteiger partial charge < -0.3 is 4.74 Å². The Balaban J connectivity index is 2.15. The second-order valence-electron chi connectivity index (χ2n) is 4.88. The third-order valence-corrected chi connectivity index (χ3v) is 4.15. The van der Waals surface area contributed by atoms with Crippen LogP contribution < -0.4 is 4.74 Å². The molecule has 0 spiro atoms. The fraction of sp³-hybridized carbons (Fsp3) is 0.429. The smallest absolute Gasteiger partial charge is 0.267 e. The van der Waals surface area contributed by atoms with E-state index in [1.165, 1.54) is 19.6 Å². The molecule has 0 radical (unpaired) electrons. The Bertz CT molecular complexity index is 695. The summed E-state index contributed by atoms with van der Waals surface area (Å²) in [7, 11) is 1.51. The minimum Gasteiger partial charge on any atom is -0.480 e. The number of hydrogen-bond donors (Lipinski definition) is 0. The summed E-state index contributed by atoms with van der Waals surface area (Å²) >= 11 is 1.16. The van der Waals surface area contributed by atoms with Crippen LogP contribution in [0.3, 0.4) is 0 Å². The molecular formula is C14H14F2N4OS. The summed E-state index contributed by atoms with van der Waals surface area (Å²) in [6, 6.07) is 0. The number of thioether (sulfide) groups is 1. The third kappa shape index (κ3) is 2.75. The number of rotatable bonds is 5. The van der Waals surface area contributed by atoms with Crippen LogP contribution >= 0.6 is 11.8 Å². The highest BCUT2D eigenvalue weighted by Crippen LogP contribution is 2.45. The number of ether oxygens (including phenoxy) is 1. The van der Waals surface area contributed by atoms with Gasteiger partial charge in [0.2, 0.25) is 5.88 Å². The van der Waals surface area contributed by atoms with Gasteiger partial charge in [0.15, 0.2) is 5.82 Å². The van der Waals surface area contributed by atoms with Crippen molar-refractivity contribution < 1.29 is 13.5 Å². The minimum atomic E-state index is -2.60. The van der Waals surface area contributed by atoms with E-state index in [1.807, 2.05) is 0 Å². The van der Waals surface area contributed by atoms with Gasteiger partial charge in [-0.05, 0) is 19.1 Å². The molecule has 5 nitrogen and oxygen atoms in total. The average molecular weight is 324 g/mol. The van der Waals surface area contributed by atoms with Crippen LogP contribution in [0.4, 0.5) is 8.78 Å². The van der Waals surface area contributed by atoms with Crippen LogP contribution in [-0.4, -0.2) is 33.3 Å². The number of alkyl halides is 2. The number of methoxy groups -OCH3 is 1. The van der Waals surface area contributed by atoms with Crippen molar-refractivity contribution in [2.45, 2.75) is 30.2 Å². The van der Waals surface area contributed by atoms with Gasteiger partial charge in [0.25, 0.3) is 6.43 Å². The van der Waals surface area contributed by atoms with Crippen LogP contribution in [0.25, 0.3) is 11.4 Å². The van der Waals surface area contributed by atoms with Gasteiger partial charge in [-0.2, -0.15) is 0 Å². The summed E-state index contributed by atoms with van der Waals surface area (Å²) in [5, 5.41) is 0.257. The van der Waals surface area contributed by atoms with Crippen molar-refractivity contribution in [3.05, 3.63) is 23.8 Å². The van der Waals surface area contributed by atoms with E-state index in [0.717, 1.165) is 30.3 Å². The number of nitrogens with zero attached hydrogens (tertiary/aromatic N) is 4. The van der Waals surface area contributed by atoms with Crippen molar-refractivity contribution in [3.63, 3.8) is 0 Å². The maximum absolute atomic E-state index is 13.0. The molecule has 0 aliphatic heterocycles. The van der Waals surface area contributed by atoms with Crippen LogP contribution in [-0.2, 0) is 0 Å². The minimum absolute atomic E-state index is 0.167. The summed E-state index contributed by atoms with van der Waals surface area (Å²) in [4.78, 5) is 16.8. The summed E-state index contributed by atoms with van der Waals surface area (Å²) in [6.07, 6.45) is 3.79. The highest BCUT2D eigenvalue weighted by Gasteiger charge is 2.31. The zero-order valence-corrected chi connectivity index (χ0v) is 12.9. The van der Waals surface area contributed by atoms with Gasteiger partial charge in [0, 0.05) is 12.1 Å². The number of aromatic nitrogens is 4. The SMILES string of the molecule is COc1ncnc(C2CC2)c1-c1ncc(C(F)F)c(SC)n1. The Hall–Kier alpha value is -1.83. The predicted octanol–water partition coefficient (Wildman–Crippen LogP) is 3.48. The van der Waals surface area contributed by atoms with Crippen molar-refractivity contribution >= 4 is 11.8 Å². The lowest BCUT2D eigenvalue weighted by molar-refractivity contribution is 0.147. The van der Waals surface area contributed by atoms with E-state index in [2.05, 4.69) is 19.9 Å². The second kappa shape index (κ2) is 6.12. The molecule has 0 amide bonds. The molecule has 0 atom stereocenters. The topological polar surface area (TPSA) is 60.8 Å². The predicted molar refractivity (Wildman–Crippen MR) is 78.3 cm³/mol. The molecule has 1 aliphatic carbocycles. The largest absolute Gasteiger partial charge is 0.480 e. The summed E-state index contributed by atoms with van der Waals surface area (Å²) < 4.78 is 31.2. The molecule has 0 bridgehead atoms. The molecule has 22 heavy (non-hydrogen) atoms. The van der Waals surface area contributed by atoms with E-state index in [1.54, 1.807) is 6.26 Å². The number of halogens is 2. The molecular weight excluding hydrogens is 310 g/mol. The quantitative estimate of drug-likeness (QED) is 0.620. The van der Waals surface area contributed by atoms with Crippen molar-refractivity contribution in [1.29, 1.82) is 0 Å². The zero-order chi connectivity index (χ0) is 15.7. The van der Waals surface area contributed by atoms with Crippen molar-refractivity contribution in [1.82, 2.24) is 19.9 Å². The van der Waals surface area contributed by atoms with Crippen LogP contribution in [0.1, 0.15) is 36.4 Å². The Kier molecular flexibility index (Phi) is 4.19. The maximum atomic E-state index is 13.0. The molecule has 0 saturated heterocycles. The van der Waals surface area contributed by atoms with Gasteiger partial charge in [-0.1, -0.05) is 0 Å². The van der Waals surface area contributed by atoms with Crippen LogP contribution in [0, 0.1) is 0 Å². The Labute approximate surface area is 130 Å². The Morgan fingerprint density at radius 2 is 2.05 bits per heavy atom. The van der Waals surface area contributed by atoms with Gasteiger partial charge in [-0.3, -0.25) is 0 Å². The molecule has 2 aromatic heterocycles. The van der Waals surface area contributed by atoms with E-state index in [0.29, 0.717) is 23.2 Å². The Morgan fingerprint density at radius 3 is 2.64 bits per heavy atom. The maximum Gasteiger partial charge on any atom is 0.267 e. The van der Waals surface area contributed by atoms with E-state index in [4.69, 9.17) is 4.74 Å². The van der Waals surface area contributed by atoms with E-state index in [-0.39, 0.29) is 10.6 Å². The first kappa shape index (κ1) is 15.1. The molecule has 1 fully saturated rings. The van der Waals surface area contributed by atoms with E-state index >= 15 is 0 Å². The number of hydrogen-bond acceptors (Lipinski definition) is 6. The first-order chi connectivity index (χ1) is 10.7. The highest BCUT2D eigenvalue weighted by atomic mass is 32.2.